The Labute approximate surface area is 168 Å². The molecule has 0 aliphatic carbocycles. The minimum Gasteiger partial charge on any atom is -0.365 e. The number of amides is 1. The van der Waals surface area contributed by atoms with E-state index in [1.54, 1.807) is 18.3 Å². The number of halogens is 1. The van der Waals surface area contributed by atoms with E-state index in [0.717, 1.165) is 36.5 Å². The minimum absolute atomic E-state index is 0.0509. The van der Waals surface area contributed by atoms with Crippen molar-refractivity contribution in [3.8, 4) is 0 Å². The van der Waals surface area contributed by atoms with Crippen molar-refractivity contribution >= 4 is 11.6 Å². The van der Waals surface area contributed by atoms with Crippen molar-refractivity contribution in [1.29, 1.82) is 0 Å². The van der Waals surface area contributed by atoms with Gasteiger partial charge in [0.15, 0.2) is 0 Å². The van der Waals surface area contributed by atoms with Gasteiger partial charge in [-0.1, -0.05) is 6.07 Å². The maximum atomic E-state index is 13.2. The van der Waals surface area contributed by atoms with Gasteiger partial charge in [0.05, 0.1) is 16.8 Å². The lowest BCUT2D eigenvalue weighted by Gasteiger charge is -2.26. The fourth-order valence-corrected chi connectivity index (χ4v) is 4.58. The zero-order valence-electron chi connectivity index (χ0n) is 16.0. The monoisotopic (exact) mass is 388 g/mol. The average Bonchev–Trinajstić information content (AvgIpc) is 3.31. The van der Waals surface area contributed by atoms with Crippen molar-refractivity contribution in [2.45, 2.75) is 18.4 Å². The van der Waals surface area contributed by atoms with Crippen molar-refractivity contribution < 1.29 is 9.18 Å². The SMILES string of the molecule is O=C(c1ccc(F)cc1)N1CC[C@]2(C1)CN(Cc1cccnc1)c1cccnc12. The first-order chi connectivity index (χ1) is 14.1. The molecular weight excluding hydrogens is 367 g/mol. The van der Waals surface area contributed by atoms with Crippen molar-refractivity contribution in [2.75, 3.05) is 24.5 Å². The predicted molar refractivity (Wildman–Crippen MR) is 108 cm³/mol. The first-order valence-electron chi connectivity index (χ1n) is 9.79. The number of pyridine rings is 2. The van der Waals surface area contributed by atoms with Crippen LogP contribution in [0.1, 0.15) is 28.0 Å². The molecule has 1 aromatic carbocycles. The number of nitrogens with zero attached hydrogens (tertiary/aromatic N) is 4. The maximum Gasteiger partial charge on any atom is 0.253 e. The average molecular weight is 388 g/mol. The Morgan fingerprint density at radius 2 is 1.90 bits per heavy atom. The third-order valence-corrected chi connectivity index (χ3v) is 5.95. The molecule has 0 saturated carbocycles. The maximum absolute atomic E-state index is 13.2. The van der Waals surface area contributed by atoms with Crippen molar-refractivity contribution in [1.82, 2.24) is 14.9 Å². The molecule has 5 rings (SSSR count). The van der Waals surface area contributed by atoms with Crippen LogP contribution in [0.5, 0.6) is 0 Å². The highest BCUT2D eigenvalue weighted by Gasteiger charge is 2.49. The van der Waals surface area contributed by atoms with Crippen LogP contribution < -0.4 is 4.90 Å². The van der Waals surface area contributed by atoms with Crippen LogP contribution in [0.3, 0.4) is 0 Å². The molecule has 2 aromatic heterocycles. The number of aromatic nitrogens is 2. The van der Waals surface area contributed by atoms with E-state index in [9.17, 15) is 9.18 Å². The van der Waals surface area contributed by atoms with Crippen LogP contribution >= 0.6 is 0 Å². The molecule has 3 aromatic rings. The summed E-state index contributed by atoms with van der Waals surface area (Å²) in [7, 11) is 0. The molecule has 4 heterocycles. The number of carbonyl (C=O) groups is 1. The van der Waals surface area contributed by atoms with E-state index in [1.165, 1.54) is 12.1 Å². The topological polar surface area (TPSA) is 49.3 Å². The van der Waals surface area contributed by atoms with Crippen molar-refractivity contribution in [2.24, 2.45) is 0 Å². The van der Waals surface area contributed by atoms with Gasteiger partial charge in [-0.25, -0.2) is 4.39 Å². The Balaban J connectivity index is 1.41. The van der Waals surface area contributed by atoms with Crippen LogP contribution in [0.25, 0.3) is 0 Å². The number of hydrogen-bond acceptors (Lipinski definition) is 4. The van der Waals surface area contributed by atoms with Crippen LogP contribution in [0.2, 0.25) is 0 Å². The van der Waals surface area contributed by atoms with Gasteiger partial charge in [0.25, 0.3) is 5.91 Å². The van der Waals surface area contributed by atoms with E-state index in [4.69, 9.17) is 4.98 Å². The minimum atomic E-state index is -0.334. The van der Waals surface area contributed by atoms with E-state index in [2.05, 4.69) is 22.0 Å². The van der Waals surface area contributed by atoms with Gasteiger partial charge < -0.3 is 9.80 Å². The van der Waals surface area contributed by atoms with Gasteiger partial charge in [0.1, 0.15) is 5.82 Å². The summed E-state index contributed by atoms with van der Waals surface area (Å²) in [4.78, 5) is 26.1. The van der Waals surface area contributed by atoms with Gasteiger partial charge in [0, 0.05) is 50.3 Å². The van der Waals surface area contributed by atoms with Crippen LogP contribution in [0.4, 0.5) is 10.1 Å². The molecular formula is C23H21FN4O. The van der Waals surface area contributed by atoms with E-state index in [-0.39, 0.29) is 17.1 Å². The van der Waals surface area contributed by atoms with Gasteiger partial charge in [0.2, 0.25) is 0 Å². The summed E-state index contributed by atoms with van der Waals surface area (Å²) < 4.78 is 13.2. The Hall–Kier alpha value is -3.28. The second kappa shape index (κ2) is 6.95. The van der Waals surface area contributed by atoms with Gasteiger partial charge >= 0.3 is 0 Å². The Bertz CT molecular complexity index is 1040. The smallest absolute Gasteiger partial charge is 0.253 e. The van der Waals surface area contributed by atoms with Crippen LogP contribution in [0.15, 0.2) is 67.1 Å². The summed E-state index contributed by atoms with van der Waals surface area (Å²) in [6.45, 7) is 2.88. The molecule has 0 unspecified atom stereocenters. The van der Waals surface area contributed by atoms with Crippen molar-refractivity contribution in [3.63, 3.8) is 0 Å². The lowest BCUT2D eigenvalue weighted by Crippen LogP contribution is -2.38. The highest BCUT2D eigenvalue weighted by atomic mass is 19.1. The molecule has 1 fully saturated rings. The molecule has 146 valence electrons. The summed E-state index contributed by atoms with van der Waals surface area (Å²) >= 11 is 0. The predicted octanol–water partition coefficient (Wildman–Crippen LogP) is 3.42. The second-order valence-electron chi connectivity index (χ2n) is 7.85. The van der Waals surface area contributed by atoms with E-state index >= 15 is 0 Å². The Morgan fingerprint density at radius 1 is 1.07 bits per heavy atom. The number of fused-ring (bicyclic) bond motifs is 2. The summed E-state index contributed by atoms with van der Waals surface area (Å²) in [6, 6.07) is 13.9. The summed E-state index contributed by atoms with van der Waals surface area (Å²) in [6.07, 6.45) is 6.37. The standard InChI is InChI=1S/C23H21FN4O/c24-19-7-5-18(6-8-19)22(29)27-12-9-23(15-27)16-28(14-17-3-1-10-25-13-17)20-4-2-11-26-21(20)23/h1-8,10-11,13H,9,12,14-16H2/t23-/m0/s1. The summed E-state index contributed by atoms with van der Waals surface area (Å²) in [5.74, 6) is -0.385. The molecule has 6 heteroatoms. The molecule has 1 saturated heterocycles. The van der Waals surface area contributed by atoms with Gasteiger partial charge in [-0.05, 0) is 54.4 Å². The molecule has 2 aliphatic heterocycles. The fourth-order valence-electron chi connectivity index (χ4n) is 4.58. The molecule has 1 atom stereocenters. The number of likely N-dealkylation sites (tertiary alicyclic amines) is 1. The first-order valence-corrected chi connectivity index (χ1v) is 9.79. The zero-order chi connectivity index (χ0) is 19.8. The quantitative estimate of drug-likeness (QED) is 0.690. The molecule has 0 radical (unpaired) electrons. The molecule has 1 amide bonds. The lowest BCUT2D eigenvalue weighted by molar-refractivity contribution is 0.0784. The third-order valence-electron chi connectivity index (χ3n) is 5.95. The van der Waals surface area contributed by atoms with Gasteiger partial charge in [-0.2, -0.15) is 0 Å². The highest BCUT2D eigenvalue weighted by molar-refractivity contribution is 5.94. The molecule has 29 heavy (non-hydrogen) atoms. The Kier molecular flexibility index (Phi) is 4.27. The molecule has 0 N–H and O–H groups in total. The van der Waals surface area contributed by atoms with Gasteiger partial charge in [-0.3, -0.25) is 14.8 Å². The highest BCUT2D eigenvalue weighted by Crippen LogP contribution is 2.45. The number of carbonyl (C=O) groups excluding carboxylic acids is 1. The fraction of sp³-hybridized carbons (Fsp3) is 0.261. The molecule has 5 nitrogen and oxygen atoms in total. The third kappa shape index (κ3) is 3.14. The zero-order valence-corrected chi connectivity index (χ0v) is 16.0. The number of anilines is 1. The second-order valence-corrected chi connectivity index (χ2v) is 7.85. The molecule has 1 spiro atoms. The first kappa shape index (κ1) is 17.8. The van der Waals surface area contributed by atoms with E-state index < -0.39 is 0 Å². The van der Waals surface area contributed by atoms with Gasteiger partial charge in [-0.15, -0.1) is 0 Å². The largest absolute Gasteiger partial charge is 0.365 e. The molecule has 2 aliphatic rings. The summed E-state index contributed by atoms with van der Waals surface area (Å²) in [5.41, 5.74) is 3.70. The molecule has 0 bridgehead atoms. The normalized spacial score (nSPS) is 20.3. The van der Waals surface area contributed by atoms with Crippen LogP contribution in [0, 0.1) is 5.82 Å². The Morgan fingerprint density at radius 3 is 2.69 bits per heavy atom. The lowest BCUT2D eigenvalue weighted by atomic mass is 9.85. The van der Waals surface area contributed by atoms with Crippen LogP contribution in [-0.2, 0) is 12.0 Å². The van der Waals surface area contributed by atoms with E-state index in [1.807, 2.05) is 29.4 Å². The van der Waals surface area contributed by atoms with E-state index in [0.29, 0.717) is 18.7 Å². The number of rotatable bonds is 3. The summed E-state index contributed by atoms with van der Waals surface area (Å²) in [5, 5.41) is 0. The number of hydrogen-bond donors (Lipinski definition) is 0. The van der Waals surface area contributed by atoms with Crippen LogP contribution in [-0.4, -0.2) is 40.4 Å². The number of benzene rings is 1. The van der Waals surface area contributed by atoms with Crippen molar-refractivity contribution in [3.05, 3.63) is 89.8 Å².